The number of hydrogen-bond donors (Lipinski definition) is 0. The van der Waals surface area contributed by atoms with Gasteiger partial charge in [0, 0.05) is 13.0 Å². The first kappa shape index (κ1) is 8.55. The van der Waals surface area contributed by atoms with E-state index in [-0.39, 0.29) is 0 Å². The molecule has 0 spiro atoms. The summed E-state index contributed by atoms with van der Waals surface area (Å²) in [6.07, 6.45) is 2.33. The van der Waals surface area contributed by atoms with Crippen LogP contribution in [0.15, 0.2) is 0 Å². The van der Waals surface area contributed by atoms with Gasteiger partial charge < -0.3 is 9.74 Å². The molecular formula is C9H16N2. The van der Waals surface area contributed by atoms with Crippen LogP contribution in [0.25, 0.3) is 4.85 Å². The van der Waals surface area contributed by atoms with E-state index in [0.29, 0.717) is 12.0 Å². The Kier molecular flexibility index (Phi) is 2.51. The van der Waals surface area contributed by atoms with Gasteiger partial charge in [0.1, 0.15) is 0 Å². The maximum atomic E-state index is 6.71. The van der Waals surface area contributed by atoms with Crippen molar-refractivity contribution in [3.8, 4) is 0 Å². The van der Waals surface area contributed by atoms with Crippen LogP contribution in [-0.2, 0) is 0 Å². The van der Waals surface area contributed by atoms with Gasteiger partial charge >= 0.3 is 0 Å². The lowest BCUT2D eigenvalue weighted by molar-refractivity contribution is 0.298. The van der Waals surface area contributed by atoms with E-state index in [2.05, 4.69) is 23.7 Å². The summed E-state index contributed by atoms with van der Waals surface area (Å²) in [6.45, 7) is 12.1. The molecule has 62 valence electrons. The number of nitrogens with zero attached hydrogens (tertiary/aromatic N) is 2. The average molecular weight is 152 g/mol. The quantitative estimate of drug-likeness (QED) is 0.546. The van der Waals surface area contributed by atoms with E-state index in [1.165, 1.54) is 19.5 Å². The predicted octanol–water partition coefficient (Wildman–Crippen LogP) is 1.64. The van der Waals surface area contributed by atoms with Gasteiger partial charge in [0.2, 0.25) is 6.54 Å². The molecule has 1 fully saturated rings. The molecular weight excluding hydrogens is 136 g/mol. The minimum Gasteiger partial charge on any atom is -0.317 e. The summed E-state index contributed by atoms with van der Waals surface area (Å²) in [4.78, 5) is 5.75. The normalized spacial score (nSPS) is 32.1. The molecule has 0 radical (unpaired) electrons. The van der Waals surface area contributed by atoms with Crippen LogP contribution < -0.4 is 0 Å². The summed E-state index contributed by atoms with van der Waals surface area (Å²) in [5, 5.41) is 0. The van der Waals surface area contributed by atoms with E-state index in [1.54, 1.807) is 0 Å². The van der Waals surface area contributed by atoms with Gasteiger partial charge in [-0.3, -0.25) is 0 Å². The van der Waals surface area contributed by atoms with Crippen LogP contribution in [0.3, 0.4) is 0 Å². The van der Waals surface area contributed by atoms with Crippen molar-refractivity contribution in [3.05, 3.63) is 11.4 Å². The molecule has 1 heterocycles. The van der Waals surface area contributed by atoms with Gasteiger partial charge in [-0.15, -0.1) is 0 Å². The van der Waals surface area contributed by atoms with Gasteiger partial charge in [0.15, 0.2) is 0 Å². The average Bonchev–Trinajstić information content (AvgIpc) is 2.28. The van der Waals surface area contributed by atoms with Crippen molar-refractivity contribution in [2.24, 2.45) is 5.41 Å². The molecule has 2 heteroatoms. The Morgan fingerprint density at radius 1 is 1.64 bits per heavy atom. The van der Waals surface area contributed by atoms with Gasteiger partial charge in [0.25, 0.3) is 0 Å². The van der Waals surface area contributed by atoms with Crippen molar-refractivity contribution in [2.45, 2.75) is 19.8 Å². The molecule has 0 bridgehead atoms. The van der Waals surface area contributed by atoms with Crippen molar-refractivity contribution < 1.29 is 0 Å². The van der Waals surface area contributed by atoms with Crippen molar-refractivity contribution in [2.75, 3.05) is 26.7 Å². The lowest BCUT2D eigenvalue weighted by Gasteiger charge is -2.20. The second kappa shape index (κ2) is 3.23. The third-order valence-electron chi connectivity index (χ3n) is 2.58. The molecule has 0 aromatic heterocycles. The minimum atomic E-state index is 0.430. The van der Waals surface area contributed by atoms with E-state index in [9.17, 15) is 0 Å². The molecule has 11 heavy (non-hydrogen) atoms. The molecule has 0 aromatic carbocycles. The molecule has 1 saturated heterocycles. The van der Waals surface area contributed by atoms with Gasteiger partial charge in [-0.1, -0.05) is 6.92 Å². The van der Waals surface area contributed by atoms with E-state index in [4.69, 9.17) is 6.57 Å². The van der Waals surface area contributed by atoms with E-state index < -0.39 is 0 Å². The summed E-state index contributed by atoms with van der Waals surface area (Å²) in [7, 11) is 2.16. The number of rotatable bonds is 2. The third kappa shape index (κ3) is 2.20. The van der Waals surface area contributed by atoms with Crippen LogP contribution in [0.1, 0.15) is 19.8 Å². The van der Waals surface area contributed by atoms with Crippen LogP contribution >= 0.6 is 0 Å². The molecule has 0 aliphatic carbocycles. The largest absolute Gasteiger partial charge is 0.317 e. The predicted molar refractivity (Wildman–Crippen MR) is 46.3 cm³/mol. The van der Waals surface area contributed by atoms with E-state index in [1.807, 2.05) is 0 Å². The Morgan fingerprint density at radius 3 is 2.82 bits per heavy atom. The van der Waals surface area contributed by atoms with Crippen LogP contribution in [0.5, 0.6) is 0 Å². The van der Waals surface area contributed by atoms with Crippen molar-refractivity contribution in [1.29, 1.82) is 0 Å². The Balaban J connectivity index is 2.37. The molecule has 1 unspecified atom stereocenters. The lowest BCUT2D eigenvalue weighted by Crippen LogP contribution is -2.22. The highest BCUT2D eigenvalue weighted by Gasteiger charge is 2.32. The first-order valence-electron chi connectivity index (χ1n) is 4.18. The minimum absolute atomic E-state index is 0.430. The zero-order chi connectivity index (χ0) is 8.32. The molecule has 2 nitrogen and oxygen atoms in total. The highest BCUT2D eigenvalue weighted by atomic mass is 15.1. The van der Waals surface area contributed by atoms with Crippen molar-refractivity contribution in [3.63, 3.8) is 0 Å². The second-order valence-corrected chi connectivity index (χ2v) is 3.93. The maximum absolute atomic E-state index is 6.71. The molecule has 0 amide bonds. The monoisotopic (exact) mass is 152 g/mol. The zero-order valence-corrected chi connectivity index (χ0v) is 7.43. The Morgan fingerprint density at radius 2 is 2.36 bits per heavy atom. The lowest BCUT2D eigenvalue weighted by atomic mass is 9.86. The van der Waals surface area contributed by atoms with Gasteiger partial charge in [-0.2, -0.15) is 0 Å². The fraction of sp³-hybridized carbons (Fsp3) is 0.889. The highest BCUT2D eigenvalue weighted by molar-refractivity contribution is 4.86. The van der Waals surface area contributed by atoms with Crippen molar-refractivity contribution >= 4 is 0 Å². The first-order valence-corrected chi connectivity index (χ1v) is 4.18. The number of hydrogen-bond acceptors (Lipinski definition) is 1. The van der Waals surface area contributed by atoms with Gasteiger partial charge in [-0.05, 0) is 25.4 Å². The fourth-order valence-electron chi connectivity index (χ4n) is 1.80. The summed E-state index contributed by atoms with van der Waals surface area (Å²) in [5.74, 6) is 0. The van der Waals surface area contributed by atoms with Gasteiger partial charge in [0.05, 0.1) is 0 Å². The smallest absolute Gasteiger partial charge is 0.215 e. The highest BCUT2D eigenvalue weighted by Crippen LogP contribution is 2.32. The molecule has 1 rings (SSSR count). The Bertz CT molecular complexity index is 171. The second-order valence-electron chi connectivity index (χ2n) is 3.93. The fourth-order valence-corrected chi connectivity index (χ4v) is 1.80. The summed E-state index contributed by atoms with van der Waals surface area (Å²) < 4.78 is 0. The topological polar surface area (TPSA) is 7.60 Å². The van der Waals surface area contributed by atoms with Gasteiger partial charge in [-0.25, -0.2) is 6.57 Å². The van der Waals surface area contributed by atoms with Crippen LogP contribution in [0, 0.1) is 12.0 Å². The molecule has 1 atom stereocenters. The van der Waals surface area contributed by atoms with Crippen LogP contribution in [0.4, 0.5) is 0 Å². The standard InChI is InChI=1S/C9H16N2/c1-9(4-6-10-2)5-7-11(3)8-9/h4-8H2,1,3H3. The van der Waals surface area contributed by atoms with E-state index >= 15 is 0 Å². The summed E-state index contributed by atoms with van der Waals surface area (Å²) in [5.41, 5.74) is 0.430. The third-order valence-corrected chi connectivity index (χ3v) is 2.58. The SMILES string of the molecule is [C-]#[N+]CCC1(C)CCN(C)C1. The molecule has 1 aliphatic heterocycles. The first-order chi connectivity index (χ1) is 5.16. The molecule has 0 saturated carbocycles. The summed E-state index contributed by atoms with van der Waals surface area (Å²) >= 11 is 0. The Hall–Kier alpha value is -0.550. The molecule has 1 aliphatic rings. The van der Waals surface area contributed by atoms with Crippen molar-refractivity contribution in [1.82, 2.24) is 4.90 Å². The Labute approximate surface area is 69.0 Å². The van der Waals surface area contributed by atoms with Crippen LogP contribution in [-0.4, -0.2) is 31.6 Å². The summed E-state index contributed by atoms with van der Waals surface area (Å²) in [6, 6.07) is 0. The maximum Gasteiger partial charge on any atom is 0.215 e. The van der Waals surface area contributed by atoms with Crippen LogP contribution in [0.2, 0.25) is 0 Å². The zero-order valence-electron chi connectivity index (χ0n) is 7.43. The number of likely N-dealkylation sites (tertiary alicyclic amines) is 1. The van der Waals surface area contributed by atoms with E-state index in [0.717, 1.165) is 6.42 Å². The molecule has 0 N–H and O–H groups in total. The molecule has 0 aromatic rings.